The highest BCUT2D eigenvalue weighted by molar-refractivity contribution is 6.30. The Balaban J connectivity index is 1.64. The van der Waals surface area contributed by atoms with Gasteiger partial charge in [0.1, 0.15) is 19.2 Å². The number of halogens is 1. The Morgan fingerprint density at radius 2 is 2.00 bits per heavy atom. The first-order valence-corrected chi connectivity index (χ1v) is 7.96. The number of oxazole rings is 1. The molecule has 6 nitrogen and oxygen atoms in total. The van der Waals surface area contributed by atoms with Gasteiger partial charge in [-0.1, -0.05) is 11.6 Å². The van der Waals surface area contributed by atoms with E-state index in [1.54, 1.807) is 12.1 Å². The van der Waals surface area contributed by atoms with Crippen LogP contribution in [-0.4, -0.2) is 44.4 Å². The molecule has 0 amide bonds. The number of ether oxygens (including phenoxy) is 1. The molecule has 2 aromatic rings. The average Bonchev–Trinajstić information content (AvgIpc) is 3.00. The SMILES string of the molecule is N#Cc1nc(-c2ccc(Cl)cc2)oc1NCC[NH+]1CCOCC1. The molecular formula is C16H18ClN4O2+. The largest absolute Gasteiger partial charge is 0.419 e. The molecule has 2 N–H and O–H groups in total. The average molecular weight is 334 g/mol. The zero-order chi connectivity index (χ0) is 16.1. The van der Waals surface area contributed by atoms with Gasteiger partial charge in [0.15, 0.2) is 0 Å². The Labute approximate surface area is 139 Å². The fourth-order valence-electron chi connectivity index (χ4n) is 2.49. The van der Waals surface area contributed by atoms with E-state index in [2.05, 4.69) is 16.4 Å². The van der Waals surface area contributed by atoms with Crippen LogP contribution in [0, 0.1) is 11.3 Å². The van der Waals surface area contributed by atoms with Gasteiger partial charge >= 0.3 is 0 Å². The first-order valence-electron chi connectivity index (χ1n) is 7.58. The molecule has 1 aromatic carbocycles. The molecule has 1 fully saturated rings. The maximum Gasteiger partial charge on any atom is 0.232 e. The molecule has 1 aliphatic rings. The molecule has 7 heteroatoms. The normalized spacial score (nSPS) is 15.3. The molecule has 1 saturated heterocycles. The summed E-state index contributed by atoms with van der Waals surface area (Å²) in [6.07, 6.45) is 0. The summed E-state index contributed by atoms with van der Waals surface area (Å²) < 4.78 is 11.0. The standard InChI is InChI=1S/C16H17ClN4O2/c17-13-3-1-12(2-4-13)15-20-14(11-18)16(23-15)19-5-6-21-7-9-22-10-8-21/h1-4,19H,5-10H2/p+1. The van der Waals surface area contributed by atoms with Gasteiger partial charge < -0.3 is 19.4 Å². The molecule has 0 radical (unpaired) electrons. The van der Waals surface area contributed by atoms with Gasteiger partial charge in [0.05, 0.1) is 26.3 Å². The monoisotopic (exact) mass is 333 g/mol. The van der Waals surface area contributed by atoms with Crippen LogP contribution in [0.15, 0.2) is 28.7 Å². The van der Waals surface area contributed by atoms with E-state index >= 15 is 0 Å². The molecule has 0 bridgehead atoms. The second kappa shape index (κ2) is 7.47. The lowest BCUT2D eigenvalue weighted by molar-refractivity contribution is -0.906. The van der Waals surface area contributed by atoms with Crippen LogP contribution in [0.1, 0.15) is 5.69 Å². The highest BCUT2D eigenvalue weighted by Crippen LogP contribution is 2.26. The van der Waals surface area contributed by atoms with E-state index in [1.807, 2.05) is 12.1 Å². The third kappa shape index (κ3) is 4.02. The number of nitriles is 1. The first kappa shape index (κ1) is 15.8. The summed E-state index contributed by atoms with van der Waals surface area (Å²) in [5.74, 6) is 0.838. The highest BCUT2D eigenvalue weighted by atomic mass is 35.5. The van der Waals surface area contributed by atoms with E-state index < -0.39 is 0 Å². The van der Waals surface area contributed by atoms with Crippen LogP contribution >= 0.6 is 11.6 Å². The summed E-state index contributed by atoms with van der Waals surface area (Å²) in [6.45, 7) is 5.31. The van der Waals surface area contributed by atoms with Crippen LogP contribution in [-0.2, 0) is 4.74 Å². The van der Waals surface area contributed by atoms with Gasteiger partial charge in [0, 0.05) is 10.6 Å². The maximum atomic E-state index is 9.22. The van der Waals surface area contributed by atoms with Crippen molar-refractivity contribution in [2.75, 3.05) is 44.7 Å². The Bertz CT molecular complexity index is 687. The molecule has 0 unspecified atom stereocenters. The zero-order valence-corrected chi connectivity index (χ0v) is 13.4. The molecule has 0 spiro atoms. The Morgan fingerprint density at radius 1 is 1.26 bits per heavy atom. The third-order valence-corrected chi connectivity index (χ3v) is 4.04. The molecular weight excluding hydrogens is 316 g/mol. The second-order valence-electron chi connectivity index (χ2n) is 5.35. The molecule has 120 valence electrons. The number of aromatic nitrogens is 1. The molecule has 23 heavy (non-hydrogen) atoms. The quantitative estimate of drug-likeness (QED) is 0.859. The van der Waals surface area contributed by atoms with Crippen molar-refractivity contribution >= 4 is 17.5 Å². The zero-order valence-electron chi connectivity index (χ0n) is 12.6. The van der Waals surface area contributed by atoms with E-state index in [4.69, 9.17) is 20.8 Å². The third-order valence-electron chi connectivity index (χ3n) is 3.79. The summed E-state index contributed by atoms with van der Waals surface area (Å²) in [7, 11) is 0. The van der Waals surface area contributed by atoms with Gasteiger partial charge in [-0.15, -0.1) is 0 Å². The Morgan fingerprint density at radius 3 is 2.70 bits per heavy atom. The fraction of sp³-hybridized carbons (Fsp3) is 0.375. The van der Waals surface area contributed by atoms with Crippen LogP contribution in [0.4, 0.5) is 5.88 Å². The summed E-state index contributed by atoms with van der Waals surface area (Å²) in [4.78, 5) is 5.72. The molecule has 0 aliphatic carbocycles. The lowest BCUT2D eigenvalue weighted by Gasteiger charge is -2.23. The smallest absolute Gasteiger partial charge is 0.232 e. The summed E-state index contributed by atoms with van der Waals surface area (Å²) in [6, 6.07) is 9.23. The number of rotatable bonds is 5. The number of quaternary nitrogens is 1. The van der Waals surface area contributed by atoms with Gasteiger partial charge in [-0.25, -0.2) is 0 Å². The summed E-state index contributed by atoms with van der Waals surface area (Å²) in [5.41, 5.74) is 1.06. The molecule has 2 heterocycles. The van der Waals surface area contributed by atoms with Crippen molar-refractivity contribution in [1.29, 1.82) is 5.26 Å². The van der Waals surface area contributed by atoms with Crippen molar-refractivity contribution in [2.45, 2.75) is 0 Å². The number of nitrogens with one attached hydrogen (secondary N) is 2. The van der Waals surface area contributed by atoms with Gasteiger partial charge in [-0.2, -0.15) is 10.2 Å². The maximum absolute atomic E-state index is 9.22. The molecule has 1 aliphatic heterocycles. The lowest BCUT2D eigenvalue weighted by atomic mass is 10.2. The minimum absolute atomic E-state index is 0.270. The van der Waals surface area contributed by atoms with E-state index in [1.165, 1.54) is 4.90 Å². The van der Waals surface area contributed by atoms with Crippen LogP contribution in [0.2, 0.25) is 5.02 Å². The minimum Gasteiger partial charge on any atom is -0.419 e. The van der Waals surface area contributed by atoms with Gasteiger partial charge in [0.25, 0.3) is 0 Å². The van der Waals surface area contributed by atoms with Crippen LogP contribution < -0.4 is 10.2 Å². The van der Waals surface area contributed by atoms with Crippen LogP contribution in [0.5, 0.6) is 0 Å². The predicted octanol–water partition coefficient (Wildman–Crippen LogP) is 1.19. The van der Waals surface area contributed by atoms with Crippen LogP contribution in [0.25, 0.3) is 11.5 Å². The number of benzene rings is 1. The van der Waals surface area contributed by atoms with E-state index in [0.717, 1.165) is 45.0 Å². The summed E-state index contributed by atoms with van der Waals surface area (Å²) in [5, 5.41) is 13.0. The molecule has 0 saturated carbocycles. The lowest BCUT2D eigenvalue weighted by Crippen LogP contribution is -3.14. The number of hydrogen-bond donors (Lipinski definition) is 2. The Hall–Kier alpha value is -2.07. The molecule has 3 rings (SSSR count). The van der Waals surface area contributed by atoms with E-state index in [0.29, 0.717) is 16.8 Å². The van der Waals surface area contributed by atoms with E-state index in [-0.39, 0.29) is 5.69 Å². The minimum atomic E-state index is 0.270. The van der Waals surface area contributed by atoms with Crippen molar-refractivity contribution < 1.29 is 14.1 Å². The summed E-state index contributed by atoms with van der Waals surface area (Å²) >= 11 is 5.88. The highest BCUT2D eigenvalue weighted by Gasteiger charge is 2.16. The van der Waals surface area contributed by atoms with Gasteiger partial charge in [-0.3, -0.25) is 0 Å². The van der Waals surface area contributed by atoms with E-state index in [9.17, 15) is 5.26 Å². The van der Waals surface area contributed by atoms with Gasteiger partial charge in [-0.05, 0) is 24.3 Å². The fourth-order valence-corrected chi connectivity index (χ4v) is 2.62. The van der Waals surface area contributed by atoms with Crippen molar-refractivity contribution in [3.63, 3.8) is 0 Å². The first-order chi connectivity index (χ1) is 11.3. The molecule has 1 aromatic heterocycles. The predicted molar refractivity (Wildman–Crippen MR) is 86.5 cm³/mol. The second-order valence-corrected chi connectivity index (χ2v) is 5.79. The van der Waals surface area contributed by atoms with Gasteiger partial charge in [0.2, 0.25) is 17.5 Å². The number of nitrogens with zero attached hydrogens (tertiary/aromatic N) is 2. The molecule has 0 atom stereocenters. The van der Waals surface area contributed by atoms with Crippen molar-refractivity contribution in [3.8, 4) is 17.5 Å². The Kier molecular flexibility index (Phi) is 5.13. The van der Waals surface area contributed by atoms with Crippen molar-refractivity contribution in [2.24, 2.45) is 0 Å². The van der Waals surface area contributed by atoms with Crippen molar-refractivity contribution in [1.82, 2.24) is 4.98 Å². The number of hydrogen-bond acceptors (Lipinski definition) is 5. The number of anilines is 1. The van der Waals surface area contributed by atoms with Crippen LogP contribution in [0.3, 0.4) is 0 Å². The van der Waals surface area contributed by atoms with Crippen molar-refractivity contribution in [3.05, 3.63) is 35.0 Å². The number of morpholine rings is 1. The topological polar surface area (TPSA) is 75.5 Å².